The lowest BCUT2D eigenvalue weighted by Crippen LogP contribution is -2.37. The van der Waals surface area contributed by atoms with Gasteiger partial charge in [-0.15, -0.1) is 12.4 Å². The molecule has 1 aliphatic heterocycles. The van der Waals surface area contributed by atoms with Crippen molar-refractivity contribution in [2.75, 3.05) is 20.2 Å². The Labute approximate surface area is 166 Å². The first-order valence-electron chi connectivity index (χ1n) is 9.29. The first-order chi connectivity index (χ1) is 12.7. The molecule has 1 unspecified atom stereocenters. The smallest absolute Gasteiger partial charge is 0.225 e. The van der Waals surface area contributed by atoms with Crippen molar-refractivity contribution in [3.8, 4) is 5.75 Å². The third-order valence-electron chi connectivity index (χ3n) is 5.57. The van der Waals surface area contributed by atoms with Crippen molar-refractivity contribution < 1.29 is 9.53 Å². The molecule has 2 aliphatic rings. The number of methoxy groups -OCH3 is 1. The lowest BCUT2D eigenvalue weighted by molar-refractivity contribution is -0.125. The highest BCUT2D eigenvalue weighted by atomic mass is 35.5. The number of hydrogen-bond donors (Lipinski definition) is 2. The van der Waals surface area contributed by atoms with Crippen LogP contribution in [0, 0.1) is 11.8 Å². The summed E-state index contributed by atoms with van der Waals surface area (Å²) in [5.41, 5.74) is 2.29. The fourth-order valence-corrected chi connectivity index (χ4v) is 3.91. The Morgan fingerprint density at radius 3 is 2.63 bits per heavy atom. The van der Waals surface area contributed by atoms with Crippen LogP contribution in [0.3, 0.4) is 0 Å². The van der Waals surface area contributed by atoms with Gasteiger partial charge in [0.15, 0.2) is 0 Å². The van der Waals surface area contributed by atoms with E-state index in [0.29, 0.717) is 12.5 Å². The first kappa shape index (κ1) is 19.7. The highest BCUT2D eigenvalue weighted by molar-refractivity contribution is 5.85. The fourth-order valence-electron chi connectivity index (χ4n) is 3.91. The highest BCUT2D eigenvalue weighted by Gasteiger charge is 2.39. The van der Waals surface area contributed by atoms with E-state index in [9.17, 15) is 4.79 Å². The number of carbonyl (C=O) groups is 1. The van der Waals surface area contributed by atoms with E-state index in [1.165, 1.54) is 12.8 Å². The lowest BCUT2D eigenvalue weighted by atomic mass is 9.89. The van der Waals surface area contributed by atoms with Crippen LogP contribution in [0.4, 0.5) is 0 Å². The first-order valence-corrected chi connectivity index (χ1v) is 9.29. The molecule has 2 fully saturated rings. The third-order valence-corrected chi connectivity index (χ3v) is 5.57. The minimum Gasteiger partial charge on any atom is -0.497 e. The van der Waals surface area contributed by atoms with E-state index in [2.05, 4.69) is 27.9 Å². The third kappa shape index (κ3) is 4.28. The molecule has 2 N–H and O–H groups in total. The second-order valence-corrected chi connectivity index (χ2v) is 7.42. The summed E-state index contributed by atoms with van der Waals surface area (Å²) in [5.74, 6) is 1.64. The highest BCUT2D eigenvalue weighted by Crippen LogP contribution is 2.42. The van der Waals surface area contributed by atoms with Gasteiger partial charge in [-0.1, -0.05) is 12.1 Å². The summed E-state index contributed by atoms with van der Waals surface area (Å²) in [6.07, 6.45) is 6.23. The molecular weight excluding hydrogens is 364 g/mol. The Kier molecular flexibility index (Phi) is 6.07. The minimum absolute atomic E-state index is 0. The number of rotatable bonds is 6. The molecule has 146 valence electrons. The quantitative estimate of drug-likeness (QED) is 0.794. The fraction of sp³-hybridized carbons (Fsp3) is 0.500. The Balaban J connectivity index is 0.00000210. The zero-order valence-electron chi connectivity index (χ0n) is 15.7. The Morgan fingerprint density at radius 1 is 1.30 bits per heavy atom. The van der Waals surface area contributed by atoms with E-state index in [4.69, 9.17) is 4.74 Å². The Hall–Kier alpha value is -2.05. The molecule has 1 aromatic heterocycles. The van der Waals surface area contributed by atoms with Gasteiger partial charge in [-0.3, -0.25) is 9.48 Å². The Bertz CT molecular complexity index is 773. The van der Waals surface area contributed by atoms with Gasteiger partial charge < -0.3 is 15.4 Å². The molecule has 1 amide bonds. The number of nitrogens with one attached hydrogen (secondary N) is 2. The van der Waals surface area contributed by atoms with Crippen LogP contribution in [0.25, 0.3) is 0 Å². The van der Waals surface area contributed by atoms with Gasteiger partial charge in [0.25, 0.3) is 0 Å². The van der Waals surface area contributed by atoms with Crippen molar-refractivity contribution in [3.05, 3.63) is 47.8 Å². The molecule has 4 rings (SSSR count). The maximum atomic E-state index is 13.1. The van der Waals surface area contributed by atoms with Crippen LogP contribution in [0.1, 0.15) is 35.9 Å². The Morgan fingerprint density at radius 2 is 2.04 bits per heavy atom. The number of hydrogen-bond acceptors (Lipinski definition) is 4. The number of carbonyl (C=O) groups excluding carboxylic acids is 1. The van der Waals surface area contributed by atoms with Crippen LogP contribution in [0.15, 0.2) is 36.7 Å². The molecule has 1 saturated carbocycles. The van der Waals surface area contributed by atoms with E-state index in [-0.39, 0.29) is 36.2 Å². The summed E-state index contributed by atoms with van der Waals surface area (Å²) in [7, 11) is 3.58. The molecule has 3 atom stereocenters. The van der Waals surface area contributed by atoms with E-state index in [1.54, 1.807) is 11.8 Å². The van der Waals surface area contributed by atoms with Crippen molar-refractivity contribution in [2.45, 2.75) is 24.8 Å². The maximum Gasteiger partial charge on any atom is 0.225 e. The zero-order chi connectivity index (χ0) is 18.1. The molecule has 0 bridgehead atoms. The van der Waals surface area contributed by atoms with Gasteiger partial charge in [0, 0.05) is 32.3 Å². The second kappa shape index (κ2) is 8.31. The van der Waals surface area contributed by atoms with Gasteiger partial charge in [-0.05, 0) is 42.0 Å². The van der Waals surface area contributed by atoms with Crippen molar-refractivity contribution in [1.82, 2.24) is 20.4 Å². The standard InChI is InChI=1S/C20H26N4O2.ClH/c1-24-12-15(9-22-24)17-10-21-11-18(17)20(25)23-19(13-3-4-13)14-5-7-16(26-2)8-6-14;/h5-9,12-13,17-19,21H,3-4,10-11H2,1-2H3,(H,23,25);1H/t17-,18+,19?;/m1./s1. The number of amides is 1. The number of benzene rings is 1. The van der Waals surface area contributed by atoms with Crippen molar-refractivity contribution in [1.29, 1.82) is 0 Å². The predicted octanol–water partition coefficient (Wildman–Crippen LogP) is 2.42. The number of aromatic nitrogens is 2. The van der Waals surface area contributed by atoms with E-state index in [0.717, 1.165) is 23.4 Å². The van der Waals surface area contributed by atoms with E-state index < -0.39 is 0 Å². The van der Waals surface area contributed by atoms with Crippen LogP contribution >= 0.6 is 12.4 Å². The molecule has 7 heteroatoms. The van der Waals surface area contributed by atoms with Crippen molar-refractivity contribution in [2.24, 2.45) is 18.9 Å². The summed E-state index contributed by atoms with van der Waals surface area (Å²) >= 11 is 0. The van der Waals surface area contributed by atoms with E-state index in [1.807, 2.05) is 31.6 Å². The number of aryl methyl sites for hydroxylation is 1. The number of nitrogens with zero attached hydrogens (tertiary/aromatic N) is 2. The molecule has 2 heterocycles. The van der Waals surface area contributed by atoms with Gasteiger partial charge in [-0.2, -0.15) is 5.10 Å². The largest absolute Gasteiger partial charge is 0.497 e. The summed E-state index contributed by atoms with van der Waals surface area (Å²) in [6.45, 7) is 1.53. The zero-order valence-corrected chi connectivity index (χ0v) is 16.5. The van der Waals surface area contributed by atoms with Gasteiger partial charge in [-0.25, -0.2) is 0 Å². The van der Waals surface area contributed by atoms with Gasteiger partial charge in [0.1, 0.15) is 5.75 Å². The summed E-state index contributed by atoms with van der Waals surface area (Å²) in [6, 6.07) is 8.14. The monoisotopic (exact) mass is 390 g/mol. The summed E-state index contributed by atoms with van der Waals surface area (Å²) in [5, 5.41) is 11.0. The van der Waals surface area contributed by atoms with Crippen LogP contribution in [-0.2, 0) is 11.8 Å². The van der Waals surface area contributed by atoms with Crippen molar-refractivity contribution in [3.63, 3.8) is 0 Å². The number of ether oxygens (including phenoxy) is 1. The van der Waals surface area contributed by atoms with Crippen LogP contribution < -0.4 is 15.4 Å². The molecule has 27 heavy (non-hydrogen) atoms. The lowest BCUT2D eigenvalue weighted by Gasteiger charge is -2.23. The normalized spacial score (nSPS) is 22.7. The average Bonchev–Trinajstić information content (AvgIpc) is 3.21. The molecule has 1 aliphatic carbocycles. The molecule has 1 saturated heterocycles. The second-order valence-electron chi connectivity index (χ2n) is 7.42. The molecule has 0 spiro atoms. The predicted molar refractivity (Wildman–Crippen MR) is 106 cm³/mol. The molecule has 0 radical (unpaired) electrons. The minimum atomic E-state index is -0.0568. The average molecular weight is 391 g/mol. The van der Waals surface area contributed by atoms with Crippen molar-refractivity contribution >= 4 is 18.3 Å². The van der Waals surface area contributed by atoms with Gasteiger partial charge in [0.05, 0.1) is 25.3 Å². The summed E-state index contributed by atoms with van der Waals surface area (Å²) < 4.78 is 7.05. The SMILES string of the molecule is COc1ccc(C(NC(=O)[C@H]2CNC[C@@H]2c2cnn(C)c2)C2CC2)cc1.Cl. The number of halogens is 1. The molecule has 1 aromatic carbocycles. The van der Waals surface area contributed by atoms with Gasteiger partial charge >= 0.3 is 0 Å². The van der Waals surface area contributed by atoms with Crippen LogP contribution in [-0.4, -0.2) is 35.9 Å². The summed E-state index contributed by atoms with van der Waals surface area (Å²) in [4.78, 5) is 13.1. The van der Waals surface area contributed by atoms with E-state index >= 15 is 0 Å². The molecular formula is C20H27ClN4O2. The molecule has 6 nitrogen and oxygen atoms in total. The topological polar surface area (TPSA) is 68.2 Å². The van der Waals surface area contributed by atoms with Crippen LogP contribution in [0.5, 0.6) is 5.75 Å². The molecule has 2 aromatic rings. The van der Waals surface area contributed by atoms with Gasteiger partial charge in [0.2, 0.25) is 5.91 Å². The maximum absolute atomic E-state index is 13.1. The van der Waals surface area contributed by atoms with Crippen LogP contribution in [0.2, 0.25) is 0 Å².